The number of hydrogen-bond acceptors (Lipinski definition) is 9. The zero-order chi connectivity index (χ0) is 26.7. The van der Waals surface area contributed by atoms with E-state index in [0.29, 0.717) is 23.0 Å². The van der Waals surface area contributed by atoms with Crippen molar-refractivity contribution in [3.8, 4) is 23.0 Å². The first-order valence-electron chi connectivity index (χ1n) is 11.4. The third kappa shape index (κ3) is 5.35. The maximum atomic E-state index is 13.6. The van der Waals surface area contributed by atoms with Crippen molar-refractivity contribution in [1.29, 1.82) is 0 Å². The maximum Gasteiger partial charge on any atom is 0.187 e. The van der Waals surface area contributed by atoms with Gasteiger partial charge in [0.15, 0.2) is 33.1 Å². The zero-order valence-electron chi connectivity index (χ0n) is 21.1. The van der Waals surface area contributed by atoms with Crippen LogP contribution in [0.1, 0.15) is 35.9 Å². The Morgan fingerprint density at radius 3 is 2.38 bits per heavy atom. The molecule has 4 rings (SSSR count). The van der Waals surface area contributed by atoms with E-state index in [1.54, 1.807) is 16.7 Å². The number of methoxy groups -OCH3 is 2. The summed E-state index contributed by atoms with van der Waals surface area (Å²) in [6.07, 6.45) is 0.916. The summed E-state index contributed by atoms with van der Waals surface area (Å²) in [5.41, 5.74) is 2.74. The number of aryl methyl sites for hydroxylation is 2. The van der Waals surface area contributed by atoms with Crippen LogP contribution >= 0.6 is 0 Å². The fourth-order valence-corrected chi connectivity index (χ4v) is 5.46. The predicted molar refractivity (Wildman–Crippen MR) is 134 cm³/mol. The third-order valence-electron chi connectivity index (χ3n) is 5.96. The lowest BCUT2D eigenvalue weighted by Crippen LogP contribution is -2.30. The topological polar surface area (TPSA) is 122 Å². The van der Waals surface area contributed by atoms with Gasteiger partial charge >= 0.3 is 0 Å². The second-order valence-electron chi connectivity index (χ2n) is 8.49. The number of ether oxygens (including phenoxy) is 2. The fraction of sp³-hybridized carbons (Fsp3) is 0.320. The smallest absolute Gasteiger partial charge is 0.187 e. The molecule has 0 aliphatic rings. The fourth-order valence-electron chi connectivity index (χ4n) is 4.04. The van der Waals surface area contributed by atoms with E-state index >= 15 is 0 Å². The SMILES string of the molecule is COc1cccc(C)c1-n1c(CS(=O)(=O)[C@H](C)[C@H](OC)c2ncc(F)cn2)nnc1-c1cccc(C)n1. The Bertz CT molecular complexity index is 1510. The van der Waals surface area contributed by atoms with Crippen molar-refractivity contribution in [3.63, 3.8) is 0 Å². The highest BCUT2D eigenvalue weighted by atomic mass is 32.2. The number of halogens is 1. The molecule has 0 N–H and O–H groups in total. The van der Waals surface area contributed by atoms with Crippen molar-refractivity contribution in [2.24, 2.45) is 0 Å². The van der Waals surface area contributed by atoms with Crippen molar-refractivity contribution in [3.05, 3.63) is 77.5 Å². The van der Waals surface area contributed by atoms with Crippen LogP contribution in [-0.4, -0.2) is 57.6 Å². The molecule has 37 heavy (non-hydrogen) atoms. The largest absolute Gasteiger partial charge is 0.495 e. The molecule has 1 aromatic carbocycles. The Balaban J connectivity index is 1.82. The number of sulfone groups is 1. The summed E-state index contributed by atoms with van der Waals surface area (Å²) in [7, 11) is -1.01. The van der Waals surface area contributed by atoms with Gasteiger partial charge in [0.2, 0.25) is 0 Å². The molecule has 194 valence electrons. The Morgan fingerprint density at radius 2 is 1.73 bits per heavy atom. The number of para-hydroxylation sites is 1. The van der Waals surface area contributed by atoms with Crippen LogP contribution < -0.4 is 4.74 Å². The molecule has 0 aliphatic heterocycles. The minimum Gasteiger partial charge on any atom is -0.495 e. The van der Waals surface area contributed by atoms with E-state index in [2.05, 4.69) is 25.1 Å². The molecular formula is C25H27FN6O4S. The van der Waals surface area contributed by atoms with E-state index in [-0.39, 0.29) is 11.6 Å². The van der Waals surface area contributed by atoms with Gasteiger partial charge < -0.3 is 9.47 Å². The van der Waals surface area contributed by atoms with Crippen LogP contribution in [0.3, 0.4) is 0 Å². The molecule has 4 aromatic rings. The summed E-state index contributed by atoms with van der Waals surface area (Å²) in [4.78, 5) is 12.4. The summed E-state index contributed by atoms with van der Waals surface area (Å²) < 4.78 is 53.3. The van der Waals surface area contributed by atoms with Gasteiger partial charge in [0.05, 0.1) is 30.4 Å². The average molecular weight is 527 g/mol. The molecule has 12 heteroatoms. The summed E-state index contributed by atoms with van der Waals surface area (Å²) >= 11 is 0. The molecule has 0 spiro atoms. The number of pyridine rings is 1. The molecule has 10 nitrogen and oxygen atoms in total. The summed E-state index contributed by atoms with van der Waals surface area (Å²) in [5, 5.41) is 7.52. The first kappa shape index (κ1) is 26.3. The summed E-state index contributed by atoms with van der Waals surface area (Å²) in [6, 6.07) is 11.0. The first-order chi connectivity index (χ1) is 17.7. The second kappa shape index (κ2) is 10.7. The van der Waals surface area contributed by atoms with E-state index in [0.717, 1.165) is 23.7 Å². The number of hydrogen-bond donors (Lipinski definition) is 0. The highest BCUT2D eigenvalue weighted by Gasteiger charge is 2.35. The van der Waals surface area contributed by atoms with Crippen LogP contribution in [0.15, 0.2) is 48.8 Å². The van der Waals surface area contributed by atoms with Crippen molar-refractivity contribution in [1.82, 2.24) is 29.7 Å². The van der Waals surface area contributed by atoms with E-state index in [9.17, 15) is 12.8 Å². The van der Waals surface area contributed by atoms with Crippen molar-refractivity contribution in [2.75, 3.05) is 14.2 Å². The molecule has 0 bridgehead atoms. The molecule has 0 unspecified atom stereocenters. The van der Waals surface area contributed by atoms with Gasteiger partial charge in [-0.3, -0.25) is 4.57 Å². The molecule has 0 amide bonds. The lowest BCUT2D eigenvalue weighted by atomic mass is 10.1. The van der Waals surface area contributed by atoms with Crippen LogP contribution in [-0.2, 0) is 20.3 Å². The molecule has 0 radical (unpaired) electrons. The van der Waals surface area contributed by atoms with Gasteiger partial charge in [-0.1, -0.05) is 18.2 Å². The van der Waals surface area contributed by atoms with Gasteiger partial charge in [-0.05, 0) is 44.5 Å². The van der Waals surface area contributed by atoms with Gasteiger partial charge in [-0.2, -0.15) is 0 Å². The number of benzene rings is 1. The first-order valence-corrected chi connectivity index (χ1v) is 13.1. The van der Waals surface area contributed by atoms with E-state index in [1.165, 1.54) is 21.1 Å². The Labute approximate surface area is 214 Å². The minimum atomic E-state index is -3.91. The second-order valence-corrected chi connectivity index (χ2v) is 10.9. The minimum absolute atomic E-state index is 0.0617. The number of nitrogens with zero attached hydrogens (tertiary/aromatic N) is 6. The molecular weight excluding hydrogens is 499 g/mol. The lowest BCUT2D eigenvalue weighted by Gasteiger charge is -2.22. The van der Waals surface area contributed by atoms with E-state index in [1.807, 2.05) is 38.1 Å². The molecule has 0 fully saturated rings. The molecule has 0 saturated carbocycles. The standard InChI is InChI=1S/C25H27FN6O4S/c1-15-8-6-11-20(35-4)22(15)32-21(30-31-25(32)19-10-7-9-16(2)29-19)14-37(33,34)17(3)23(36-5)24-27-12-18(26)13-28-24/h6-13,17,23H,14H2,1-5H3/t17-,23+/m1/s1. The lowest BCUT2D eigenvalue weighted by molar-refractivity contribution is 0.0946. The zero-order valence-corrected chi connectivity index (χ0v) is 21.9. The number of rotatable bonds is 9. The Kier molecular flexibility index (Phi) is 7.60. The Morgan fingerprint density at radius 1 is 1.03 bits per heavy atom. The predicted octanol–water partition coefficient (Wildman–Crippen LogP) is 3.57. The van der Waals surface area contributed by atoms with Gasteiger partial charge in [-0.25, -0.2) is 27.8 Å². The van der Waals surface area contributed by atoms with Gasteiger partial charge in [0, 0.05) is 12.8 Å². The van der Waals surface area contributed by atoms with E-state index in [4.69, 9.17) is 9.47 Å². The third-order valence-corrected chi connectivity index (χ3v) is 8.00. The maximum absolute atomic E-state index is 13.6. The summed E-state index contributed by atoms with van der Waals surface area (Å²) in [6.45, 7) is 5.24. The van der Waals surface area contributed by atoms with Gasteiger partial charge in [-0.15, -0.1) is 10.2 Å². The number of aromatic nitrogens is 6. The molecule has 2 atom stereocenters. The van der Waals surface area contributed by atoms with Gasteiger partial charge in [0.1, 0.15) is 23.3 Å². The molecule has 0 aliphatic carbocycles. The van der Waals surface area contributed by atoms with Crippen LogP contribution in [0.25, 0.3) is 17.2 Å². The average Bonchev–Trinajstić information content (AvgIpc) is 3.27. The summed E-state index contributed by atoms with van der Waals surface area (Å²) in [5.74, 6) is 0.0334. The van der Waals surface area contributed by atoms with Crippen molar-refractivity contribution in [2.45, 2.75) is 37.9 Å². The van der Waals surface area contributed by atoms with Crippen molar-refractivity contribution >= 4 is 9.84 Å². The normalized spacial score (nSPS) is 13.4. The van der Waals surface area contributed by atoms with Crippen molar-refractivity contribution < 1.29 is 22.3 Å². The highest BCUT2D eigenvalue weighted by molar-refractivity contribution is 7.91. The van der Waals surface area contributed by atoms with Crippen LogP contribution in [0.5, 0.6) is 5.75 Å². The van der Waals surface area contributed by atoms with Crippen LogP contribution in [0, 0.1) is 19.7 Å². The van der Waals surface area contributed by atoms with Crippen LogP contribution in [0.4, 0.5) is 4.39 Å². The van der Waals surface area contributed by atoms with E-state index < -0.39 is 32.8 Å². The Hall–Kier alpha value is -3.77. The molecule has 3 aromatic heterocycles. The van der Waals surface area contributed by atoms with Crippen LogP contribution in [0.2, 0.25) is 0 Å². The molecule has 0 saturated heterocycles. The highest BCUT2D eigenvalue weighted by Crippen LogP contribution is 2.33. The van der Waals surface area contributed by atoms with Gasteiger partial charge in [0.25, 0.3) is 0 Å². The molecule has 3 heterocycles. The monoisotopic (exact) mass is 526 g/mol. The quantitative estimate of drug-likeness (QED) is 0.322.